The highest BCUT2D eigenvalue weighted by atomic mass is 32.2. The molecule has 1 aromatic heterocycles. The van der Waals surface area contributed by atoms with Crippen molar-refractivity contribution in [2.45, 2.75) is 11.8 Å². The summed E-state index contributed by atoms with van der Waals surface area (Å²) in [5, 5.41) is 7.11. The van der Waals surface area contributed by atoms with E-state index in [2.05, 4.69) is 10.4 Å². The van der Waals surface area contributed by atoms with Crippen LogP contribution in [0.2, 0.25) is 0 Å². The number of aromatic nitrogens is 2. The molecule has 1 N–H and O–H groups in total. The Kier molecular flexibility index (Phi) is 5.67. The van der Waals surface area contributed by atoms with E-state index in [1.807, 2.05) is 30.3 Å². The normalized spacial score (nSPS) is 15.1. The summed E-state index contributed by atoms with van der Waals surface area (Å²) in [6.07, 6.45) is 1.75. The van der Waals surface area contributed by atoms with Crippen LogP contribution in [0.5, 0.6) is 0 Å². The number of carbonyl (C=O) groups is 1. The number of hydrogen-bond acceptors (Lipinski definition) is 5. The summed E-state index contributed by atoms with van der Waals surface area (Å²) >= 11 is 0. The zero-order chi connectivity index (χ0) is 21.1. The van der Waals surface area contributed by atoms with Gasteiger partial charge in [-0.2, -0.15) is 9.40 Å². The molecular formula is C21H22N4O4S. The largest absolute Gasteiger partial charge is 0.379 e. The first-order valence-electron chi connectivity index (χ1n) is 9.56. The van der Waals surface area contributed by atoms with Gasteiger partial charge in [-0.05, 0) is 36.8 Å². The van der Waals surface area contributed by atoms with Gasteiger partial charge in [0.1, 0.15) is 0 Å². The van der Waals surface area contributed by atoms with Crippen LogP contribution in [-0.2, 0) is 14.8 Å². The summed E-state index contributed by atoms with van der Waals surface area (Å²) < 4.78 is 34.1. The summed E-state index contributed by atoms with van der Waals surface area (Å²) in [7, 11) is -3.69. The second kappa shape index (κ2) is 8.39. The third-order valence-corrected chi connectivity index (χ3v) is 6.81. The molecule has 0 atom stereocenters. The zero-order valence-corrected chi connectivity index (χ0v) is 17.3. The van der Waals surface area contributed by atoms with Gasteiger partial charge in [-0.15, -0.1) is 0 Å². The molecule has 8 nitrogen and oxygen atoms in total. The maximum Gasteiger partial charge on any atom is 0.257 e. The van der Waals surface area contributed by atoms with Gasteiger partial charge in [-0.1, -0.05) is 24.3 Å². The van der Waals surface area contributed by atoms with Crippen molar-refractivity contribution in [2.75, 3.05) is 31.6 Å². The van der Waals surface area contributed by atoms with Crippen LogP contribution in [-0.4, -0.2) is 54.7 Å². The van der Waals surface area contributed by atoms with Crippen molar-refractivity contribution in [3.05, 3.63) is 71.9 Å². The molecule has 1 aliphatic rings. The molecule has 156 valence electrons. The standard InChI is InChI=1S/C21H22N4O4S/c1-16-7-8-18(30(27,28)24-11-13-29-14-12-24)15-19(16)21(26)22-20-9-10-25(23-20)17-5-3-2-4-6-17/h2-10,15H,11-14H2,1H3,(H,22,23,26). The summed E-state index contributed by atoms with van der Waals surface area (Å²) in [5.74, 6) is -0.0328. The molecule has 0 radical (unpaired) electrons. The highest BCUT2D eigenvalue weighted by molar-refractivity contribution is 7.89. The fraction of sp³-hybridized carbons (Fsp3) is 0.238. The number of anilines is 1. The Balaban J connectivity index is 1.56. The number of para-hydroxylation sites is 1. The van der Waals surface area contributed by atoms with E-state index in [1.54, 1.807) is 29.9 Å². The van der Waals surface area contributed by atoms with Crippen LogP contribution in [0.4, 0.5) is 5.82 Å². The minimum atomic E-state index is -3.69. The van der Waals surface area contributed by atoms with E-state index in [4.69, 9.17) is 4.74 Å². The van der Waals surface area contributed by atoms with Crippen LogP contribution < -0.4 is 5.32 Å². The number of morpholine rings is 1. The number of nitrogens with one attached hydrogen (secondary N) is 1. The van der Waals surface area contributed by atoms with E-state index in [-0.39, 0.29) is 4.90 Å². The molecule has 9 heteroatoms. The van der Waals surface area contributed by atoms with E-state index >= 15 is 0 Å². The molecule has 1 amide bonds. The summed E-state index contributed by atoms with van der Waals surface area (Å²) in [6.45, 7) is 3.09. The number of ether oxygens (including phenoxy) is 1. The minimum absolute atomic E-state index is 0.0926. The van der Waals surface area contributed by atoms with Gasteiger partial charge in [0, 0.05) is 30.9 Å². The van der Waals surface area contributed by atoms with Crippen molar-refractivity contribution in [2.24, 2.45) is 0 Å². The topological polar surface area (TPSA) is 93.5 Å². The van der Waals surface area contributed by atoms with Gasteiger partial charge >= 0.3 is 0 Å². The highest BCUT2D eigenvalue weighted by Crippen LogP contribution is 2.21. The first-order chi connectivity index (χ1) is 14.4. The first kappa shape index (κ1) is 20.3. The molecule has 1 fully saturated rings. The van der Waals surface area contributed by atoms with E-state index in [9.17, 15) is 13.2 Å². The fourth-order valence-corrected chi connectivity index (χ4v) is 4.68. The van der Waals surface area contributed by atoms with Crippen molar-refractivity contribution in [1.29, 1.82) is 0 Å². The van der Waals surface area contributed by atoms with Crippen molar-refractivity contribution >= 4 is 21.7 Å². The van der Waals surface area contributed by atoms with Gasteiger partial charge in [-0.25, -0.2) is 13.1 Å². The predicted octanol–water partition coefficient (Wildman–Crippen LogP) is 2.45. The lowest BCUT2D eigenvalue weighted by Crippen LogP contribution is -2.40. The third kappa shape index (κ3) is 4.13. The Labute approximate surface area is 175 Å². The van der Waals surface area contributed by atoms with Gasteiger partial charge in [0.2, 0.25) is 10.0 Å². The maximum absolute atomic E-state index is 12.9. The summed E-state index contributed by atoms with van der Waals surface area (Å²) in [5.41, 5.74) is 1.84. The molecule has 4 rings (SSSR count). The van der Waals surface area contributed by atoms with Crippen molar-refractivity contribution in [3.8, 4) is 5.69 Å². The molecule has 0 spiro atoms. The number of carbonyl (C=O) groups excluding carboxylic acids is 1. The molecule has 0 saturated carbocycles. The van der Waals surface area contributed by atoms with E-state index in [0.717, 1.165) is 5.69 Å². The number of sulfonamides is 1. The van der Waals surface area contributed by atoms with Crippen LogP contribution in [0.3, 0.4) is 0 Å². The van der Waals surface area contributed by atoms with Gasteiger partial charge < -0.3 is 10.1 Å². The molecule has 2 aromatic carbocycles. The lowest BCUT2D eigenvalue weighted by atomic mass is 10.1. The number of aryl methyl sites for hydroxylation is 1. The van der Waals surface area contributed by atoms with Crippen LogP contribution in [0.15, 0.2) is 65.7 Å². The van der Waals surface area contributed by atoms with E-state index < -0.39 is 15.9 Å². The lowest BCUT2D eigenvalue weighted by Gasteiger charge is -2.26. The number of rotatable bonds is 5. The molecule has 3 aromatic rings. The van der Waals surface area contributed by atoms with Gasteiger partial charge in [0.05, 0.1) is 23.8 Å². The monoisotopic (exact) mass is 426 g/mol. The van der Waals surface area contributed by atoms with Crippen molar-refractivity contribution < 1.29 is 17.9 Å². The molecule has 1 aliphatic heterocycles. The van der Waals surface area contributed by atoms with Crippen LogP contribution >= 0.6 is 0 Å². The Morgan fingerprint density at radius 2 is 1.80 bits per heavy atom. The van der Waals surface area contributed by atoms with Gasteiger partial charge in [0.25, 0.3) is 5.91 Å². The lowest BCUT2D eigenvalue weighted by molar-refractivity contribution is 0.0730. The van der Waals surface area contributed by atoms with Crippen LogP contribution in [0, 0.1) is 6.92 Å². The van der Waals surface area contributed by atoms with Crippen molar-refractivity contribution in [3.63, 3.8) is 0 Å². The molecule has 2 heterocycles. The van der Waals surface area contributed by atoms with Crippen LogP contribution in [0.1, 0.15) is 15.9 Å². The molecule has 30 heavy (non-hydrogen) atoms. The quantitative estimate of drug-likeness (QED) is 0.676. The molecule has 1 saturated heterocycles. The third-order valence-electron chi connectivity index (χ3n) is 4.91. The second-order valence-electron chi connectivity index (χ2n) is 6.93. The molecule has 0 aliphatic carbocycles. The number of benzene rings is 2. The molecular weight excluding hydrogens is 404 g/mol. The number of nitrogens with zero attached hydrogens (tertiary/aromatic N) is 3. The average Bonchev–Trinajstić information content (AvgIpc) is 3.23. The van der Waals surface area contributed by atoms with Gasteiger partial charge in [0.15, 0.2) is 5.82 Å². The Hall–Kier alpha value is -3.01. The highest BCUT2D eigenvalue weighted by Gasteiger charge is 2.27. The summed E-state index contributed by atoms with van der Waals surface area (Å²) in [4.78, 5) is 12.9. The Bertz CT molecular complexity index is 1150. The average molecular weight is 426 g/mol. The Morgan fingerprint density at radius 3 is 2.53 bits per heavy atom. The minimum Gasteiger partial charge on any atom is -0.379 e. The van der Waals surface area contributed by atoms with E-state index in [0.29, 0.717) is 43.2 Å². The summed E-state index contributed by atoms with van der Waals surface area (Å²) in [6, 6.07) is 15.8. The predicted molar refractivity (Wildman–Crippen MR) is 112 cm³/mol. The first-order valence-corrected chi connectivity index (χ1v) is 11.0. The maximum atomic E-state index is 12.9. The fourth-order valence-electron chi connectivity index (χ4n) is 3.24. The SMILES string of the molecule is Cc1ccc(S(=O)(=O)N2CCOCC2)cc1C(=O)Nc1ccn(-c2ccccc2)n1. The zero-order valence-electron chi connectivity index (χ0n) is 16.5. The molecule has 0 bridgehead atoms. The van der Waals surface area contributed by atoms with E-state index in [1.165, 1.54) is 16.4 Å². The number of hydrogen-bond donors (Lipinski definition) is 1. The van der Waals surface area contributed by atoms with Crippen molar-refractivity contribution in [1.82, 2.24) is 14.1 Å². The van der Waals surface area contributed by atoms with Crippen LogP contribution in [0.25, 0.3) is 5.69 Å². The smallest absolute Gasteiger partial charge is 0.257 e. The Morgan fingerprint density at radius 1 is 1.07 bits per heavy atom. The van der Waals surface area contributed by atoms with Gasteiger partial charge in [-0.3, -0.25) is 4.79 Å². The number of amides is 1. The second-order valence-corrected chi connectivity index (χ2v) is 8.87. The molecule has 0 unspecified atom stereocenters.